The van der Waals surface area contributed by atoms with Crippen LogP contribution in [0.3, 0.4) is 0 Å². The van der Waals surface area contributed by atoms with Crippen molar-refractivity contribution in [2.75, 3.05) is 13.7 Å². The van der Waals surface area contributed by atoms with Gasteiger partial charge in [-0.05, 0) is 37.1 Å². The van der Waals surface area contributed by atoms with Crippen LogP contribution < -0.4 is 0 Å². The van der Waals surface area contributed by atoms with E-state index >= 15 is 0 Å². The Hall–Kier alpha value is -2.30. The molecule has 2 aromatic rings. The van der Waals surface area contributed by atoms with Gasteiger partial charge in [0.15, 0.2) is 11.6 Å². The quantitative estimate of drug-likeness (QED) is 0.912. The predicted octanol–water partition coefficient (Wildman–Crippen LogP) is 2.69. The Kier molecular flexibility index (Phi) is 5.18. The van der Waals surface area contributed by atoms with E-state index in [1.807, 2.05) is 0 Å². The molecule has 0 spiro atoms. The third-order valence-electron chi connectivity index (χ3n) is 4.31. The van der Waals surface area contributed by atoms with Crippen LogP contribution in [-0.2, 0) is 17.9 Å². The normalized spacial score (nSPS) is 18.5. The van der Waals surface area contributed by atoms with E-state index in [4.69, 9.17) is 4.74 Å². The number of hydrogen-bond donors (Lipinski definition) is 1. The van der Waals surface area contributed by atoms with Crippen LogP contribution in [-0.4, -0.2) is 33.7 Å². The van der Waals surface area contributed by atoms with Gasteiger partial charge in [-0.25, -0.2) is 9.37 Å². The van der Waals surface area contributed by atoms with E-state index < -0.39 is 0 Å². The SMILES string of the molecule is COCc1nc([C@H]2CCCCN2Cc2ccc(F)cc2C#N)n[nH]1. The fraction of sp³-hybridized carbons (Fsp3) is 0.471. The largest absolute Gasteiger partial charge is 0.377 e. The highest BCUT2D eigenvalue weighted by Gasteiger charge is 2.28. The summed E-state index contributed by atoms with van der Waals surface area (Å²) in [5.74, 6) is 1.07. The number of rotatable bonds is 5. The molecule has 0 unspecified atom stereocenters. The maximum Gasteiger partial charge on any atom is 0.167 e. The molecule has 1 aliphatic rings. The van der Waals surface area contributed by atoms with Crippen molar-refractivity contribution >= 4 is 0 Å². The fourth-order valence-corrected chi connectivity index (χ4v) is 3.14. The first-order chi connectivity index (χ1) is 11.7. The molecule has 1 aromatic heterocycles. The van der Waals surface area contributed by atoms with Gasteiger partial charge in [-0.3, -0.25) is 10.00 Å². The molecule has 6 nitrogen and oxygen atoms in total. The summed E-state index contributed by atoms with van der Waals surface area (Å²) in [6, 6.07) is 6.55. The van der Waals surface area contributed by atoms with Crippen LogP contribution in [0.4, 0.5) is 4.39 Å². The Bertz CT molecular complexity index is 739. The minimum atomic E-state index is -0.385. The number of aromatic nitrogens is 3. The smallest absolute Gasteiger partial charge is 0.167 e. The van der Waals surface area contributed by atoms with Gasteiger partial charge in [-0.15, -0.1) is 0 Å². The number of nitrogens with one attached hydrogen (secondary N) is 1. The van der Waals surface area contributed by atoms with Crippen molar-refractivity contribution in [3.63, 3.8) is 0 Å². The Labute approximate surface area is 140 Å². The Morgan fingerprint density at radius 2 is 2.33 bits per heavy atom. The number of ether oxygens (including phenoxy) is 1. The molecule has 0 bridgehead atoms. The van der Waals surface area contributed by atoms with Crippen LogP contribution in [0.5, 0.6) is 0 Å². The van der Waals surface area contributed by atoms with Gasteiger partial charge >= 0.3 is 0 Å². The monoisotopic (exact) mass is 329 g/mol. The van der Waals surface area contributed by atoms with Crippen molar-refractivity contribution < 1.29 is 9.13 Å². The Morgan fingerprint density at radius 1 is 1.46 bits per heavy atom. The van der Waals surface area contributed by atoms with E-state index in [2.05, 4.69) is 26.2 Å². The highest BCUT2D eigenvalue weighted by molar-refractivity contribution is 5.38. The molecule has 0 amide bonds. The van der Waals surface area contributed by atoms with Crippen LogP contribution in [0.25, 0.3) is 0 Å². The van der Waals surface area contributed by atoms with Crippen molar-refractivity contribution in [2.24, 2.45) is 0 Å². The molecule has 2 heterocycles. The number of methoxy groups -OCH3 is 1. The van der Waals surface area contributed by atoms with Crippen molar-refractivity contribution in [3.05, 3.63) is 46.8 Å². The number of nitrogens with zero attached hydrogens (tertiary/aromatic N) is 4. The summed E-state index contributed by atoms with van der Waals surface area (Å²) in [4.78, 5) is 6.78. The second kappa shape index (κ2) is 7.51. The van der Waals surface area contributed by atoms with Crippen LogP contribution in [0.15, 0.2) is 18.2 Å². The van der Waals surface area contributed by atoms with Crippen LogP contribution in [0, 0.1) is 17.1 Å². The molecule has 1 saturated heterocycles. The first-order valence-corrected chi connectivity index (χ1v) is 8.04. The molecule has 1 fully saturated rings. The molecule has 1 aromatic carbocycles. The summed E-state index contributed by atoms with van der Waals surface area (Å²) in [6.07, 6.45) is 3.17. The van der Waals surface area contributed by atoms with Crippen molar-refractivity contribution in [1.82, 2.24) is 20.1 Å². The molecule has 126 valence electrons. The number of piperidine rings is 1. The lowest BCUT2D eigenvalue weighted by Crippen LogP contribution is -2.33. The summed E-state index contributed by atoms with van der Waals surface area (Å²) in [5, 5.41) is 16.5. The van der Waals surface area contributed by atoms with Crippen LogP contribution in [0.1, 0.15) is 48.1 Å². The van der Waals surface area contributed by atoms with E-state index in [0.29, 0.717) is 24.5 Å². The van der Waals surface area contributed by atoms with Gasteiger partial charge in [0.1, 0.15) is 12.4 Å². The van der Waals surface area contributed by atoms with E-state index in [-0.39, 0.29) is 11.9 Å². The van der Waals surface area contributed by atoms with Gasteiger partial charge in [0, 0.05) is 13.7 Å². The number of hydrogen-bond acceptors (Lipinski definition) is 5. The molecule has 0 radical (unpaired) electrons. The summed E-state index contributed by atoms with van der Waals surface area (Å²) in [5.41, 5.74) is 1.22. The molecule has 3 rings (SSSR count). The third kappa shape index (κ3) is 3.61. The maximum absolute atomic E-state index is 13.3. The molecule has 0 aliphatic carbocycles. The van der Waals surface area contributed by atoms with Gasteiger partial charge in [0.05, 0.1) is 17.7 Å². The lowest BCUT2D eigenvalue weighted by Gasteiger charge is -2.34. The predicted molar refractivity (Wildman–Crippen MR) is 85.2 cm³/mol. The zero-order valence-corrected chi connectivity index (χ0v) is 13.6. The summed E-state index contributed by atoms with van der Waals surface area (Å²) < 4.78 is 18.4. The molecule has 0 saturated carbocycles. The standard InChI is InChI=1S/C17H20FN5O/c1-24-11-16-20-17(22-21-16)15-4-2-3-7-23(15)10-12-5-6-14(18)8-13(12)9-19/h5-6,8,15H,2-4,7,10-11H2,1H3,(H,20,21,22)/t15-/m1/s1. The van der Waals surface area contributed by atoms with Crippen molar-refractivity contribution in [1.29, 1.82) is 5.26 Å². The molecule has 24 heavy (non-hydrogen) atoms. The van der Waals surface area contributed by atoms with Crippen LogP contribution >= 0.6 is 0 Å². The summed E-state index contributed by atoms with van der Waals surface area (Å²) in [7, 11) is 1.62. The van der Waals surface area contributed by atoms with Gasteiger partial charge < -0.3 is 4.74 Å². The highest BCUT2D eigenvalue weighted by atomic mass is 19.1. The number of benzene rings is 1. The first-order valence-electron chi connectivity index (χ1n) is 8.04. The zero-order chi connectivity index (χ0) is 16.9. The summed E-state index contributed by atoms with van der Waals surface area (Å²) >= 11 is 0. The number of likely N-dealkylation sites (tertiary alicyclic amines) is 1. The number of nitriles is 1. The Balaban J connectivity index is 1.81. The number of aromatic amines is 1. The molecule has 1 atom stereocenters. The second-order valence-electron chi connectivity index (χ2n) is 5.97. The summed E-state index contributed by atoms with van der Waals surface area (Å²) in [6.45, 7) is 1.89. The second-order valence-corrected chi connectivity index (χ2v) is 5.97. The van der Waals surface area contributed by atoms with E-state index in [9.17, 15) is 9.65 Å². The van der Waals surface area contributed by atoms with E-state index in [0.717, 1.165) is 37.2 Å². The number of H-pyrrole nitrogens is 1. The van der Waals surface area contributed by atoms with Crippen molar-refractivity contribution in [2.45, 2.75) is 38.5 Å². The van der Waals surface area contributed by atoms with Gasteiger partial charge in [0.2, 0.25) is 0 Å². The van der Waals surface area contributed by atoms with Gasteiger partial charge in [-0.2, -0.15) is 10.4 Å². The topological polar surface area (TPSA) is 77.8 Å². The molecular formula is C17H20FN5O. The van der Waals surface area contributed by atoms with Crippen LogP contribution in [0.2, 0.25) is 0 Å². The lowest BCUT2D eigenvalue weighted by molar-refractivity contribution is 0.133. The maximum atomic E-state index is 13.3. The number of halogens is 1. The molecule has 7 heteroatoms. The first kappa shape index (κ1) is 16.6. The van der Waals surface area contributed by atoms with Crippen molar-refractivity contribution in [3.8, 4) is 6.07 Å². The minimum Gasteiger partial charge on any atom is -0.377 e. The Morgan fingerprint density at radius 3 is 3.12 bits per heavy atom. The molecular weight excluding hydrogens is 309 g/mol. The molecule has 1 aliphatic heterocycles. The zero-order valence-electron chi connectivity index (χ0n) is 13.6. The van der Waals surface area contributed by atoms with Gasteiger partial charge in [0.25, 0.3) is 0 Å². The minimum absolute atomic E-state index is 0.0946. The highest BCUT2D eigenvalue weighted by Crippen LogP contribution is 2.30. The van der Waals surface area contributed by atoms with E-state index in [1.54, 1.807) is 13.2 Å². The fourth-order valence-electron chi connectivity index (χ4n) is 3.14. The average molecular weight is 329 g/mol. The van der Waals surface area contributed by atoms with E-state index in [1.165, 1.54) is 12.1 Å². The molecule has 1 N–H and O–H groups in total. The third-order valence-corrected chi connectivity index (χ3v) is 4.31. The lowest BCUT2D eigenvalue weighted by atomic mass is 9.99. The van der Waals surface area contributed by atoms with Gasteiger partial charge in [-0.1, -0.05) is 12.5 Å². The average Bonchev–Trinajstić information content (AvgIpc) is 3.06.